The van der Waals surface area contributed by atoms with Gasteiger partial charge in [0.05, 0.1) is 18.8 Å². The van der Waals surface area contributed by atoms with Gasteiger partial charge in [0.1, 0.15) is 5.75 Å². The van der Waals surface area contributed by atoms with E-state index in [1.807, 2.05) is 61.5 Å². The molecule has 4 rings (SSSR count). The molecule has 5 nitrogen and oxygen atoms in total. The lowest BCUT2D eigenvalue weighted by Crippen LogP contribution is -2.41. The van der Waals surface area contributed by atoms with Gasteiger partial charge in [0.25, 0.3) is 5.91 Å². The van der Waals surface area contributed by atoms with Gasteiger partial charge in [-0.2, -0.15) is 0 Å². The molecule has 1 N–H and O–H groups in total. The Morgan fingerprint density at radius 1 is 1.09 bits per heavy atom. The molecule has 1 aliphatic heterocycles. The summed E-state index contributed by atoms with van der Waals surface area (Å²) in [5, 5.41) is 3.30. The second-order valence-corrected chi connectivity index (χ2v) is 8.49. The third-order valence-corrected chi connectivity index (χ3v) is 6.33. The molecule has 0 aliphatic carbocycles. The molecule has 0 bridgehead atoms. The molecule has 0 unspecified atom stereocenters. The fourth-order valence-electron chi connectivity index (χ4n) is 4.51. The largest absolute Gasteiger partial charge is 0.497 e. The number of aryl methyl sites for hydroxylation is 1. The number of likely N-dealkylation sites (tertiary alicyclic amines) is 1. The third kappa shape index (κ3) is 5.35. The lowest BCUT2D eigenvalue weighted by molar-refractivity contribution is 0.0887. The average molecular weight is 430 g/mol. The van der Waals surface area contributed by atoms with Crippen LogP contribution in [0.4, 0.5) is 0 Å². The number of piperidine rings is 1. The van der Waals surface area contributed by atoms with Crippen molar-refractivity contribution in [3.63, 3.8) is 0 Å². The van der Waals surface area contributed by atoms with Crippen LogP contribution in [-0.4, -0.2) is 36.0 Å². The van der Waals surface area contributed by atoms with Crippen molar-refractivity contribution in [3.8, 4) is 5.75 Å². The molecule has 1 amide bonds. The highest BCUT2D eigenvalue weighted by Gasteiger charge is 2.30. The first-order valence-electron chi connectivity index (χ1n) is 11.3. The molecular formula is C27H31N3O2. The molecule has 2 heterocycles. The summed E-state index contributed by atoms with van der Waals surface area (Å²) in [6.07, 6.45) is 3.83. The lowest BCUT2D eigenvalue weighted by Gasteiger charge is -2.36. The van der Waals surface area contributed by atoms with Crippen molar-refractivity contribution in [2.45, 2.75) is 32.4 Å². The molecule has 2 aromatic carbocycles. The first kappa shape index (κ1) is 22.0. The van der Waals surface area contributed by atoms with Crippen molar-refractivity contribution in [2.24, 2.45) is 5.92 Å². The first-order chi connectivity index (χ1) is 15.6. The number of pyridine rings is 1. The van der Waals surface area contributed by atoms with Crippen LogP contribution in [0.25, 0.3) is 0 Å². The maximum Gasteiger partial charge on any atom is 0.252 e. The molecule has 1 aliphatic rings. The molecule has 3 aromatic rings. The van der Waals surface area contributed by atoms with Crippen LogP contribution in [0.1, 0.15) is 46.1 Å². The third-order valence-electron chi connectivity index (χ3n) is 6.33. The maximum atomic E-state index is 13.1. The van der Waals surface area contributed by atoms with Gasteiger partial charge in [-0.05, 0) is 80.2 Å². The van der Waals surface area contributed by atoms with Crippen LogP contribution in [-0.2, 0) is 6.54 Å². The van der Waals surface area contributed by atoms with Gasteiger partial charge in [0, 0.05) is 18.3 Å². The van der Waals surface area contributed by atoms with E-state index < -0.39 is 0 Å². The van der Waals surface area contributed by atoms with Crippen molar-refractivity contribution >= 4 is 5.91 Å². The molecule has 1 fully saturated rings. The molecule has 1 aromatic heterocycles. The number of benzene rings is 2. The SMILES string of the molecule is COc1cccc(CN2CCC([C@@H](NC(=O)c3ccccc3C)c3ccccn3)CC2)c1. The van der Waals surface area contributed by atoms with Crippen molar-refractivity contribution in [2.75, 3.05) is 20.2 Å². The van der Waals surface area contributed by atoms with Gasteiger partial charge in [0.15, 0.2) is 0 Å². The smallest absolute Gasteiger partial charge is 0.252 e. The zero-order valence-electron chi connectivity index (χ0n) is 18.8. The van der Waals surface area contributed by atoms with E-state index in [0.717, 1.165) is 55.0 Å². The van der Waals surface area contributed by atoms with Crippen LogP contribution >= 0.6 is 0 Å². The summed E-state index contributed by atoms with van der Waals surface area (Å²) in [4.78, 5) is 20.2. The molecule has 0 radical (unpaired) electrons. The Balaban J connectivity index is 1.44. The summed E-state index contributed by atoms with van der Waals surface area (Å²) < 4.78 is 5.36. The van der Waals surface area contributed by atoms with Gasteiger partial charge in [-0.15, -0.1) is 0 Å². The van der Waals surface area contributed by atoms with Crippen LogP contribution in [0, 0.1) is 12.8 Å². The summed E-state index contributed by atoms with van der Waals surface area (Å²) in [6.45, 7) is 4.87. The Bertz CT molecular complexity index is 1030. The summed E-state index contributed by atoms with van der Waals surface area (Å²) in [7, 11) is 1.70. The first-order valence-corrected chi connectivity index (χ1v) is 11.3. The number of carbonyl (C=O) groups excluding carboxylic acids is 1. The number of carbonyl (C=O) groups is 1. The Hall–Kier alpha value is -3.18. The predicted octanol–water partition coefficient (Wildman–Crippen LogP) is 4.78. The summed E-state index contributed by atoms with van der Waals surface area (Å²) in [6, 6.07) is 21.8. The number of nitrogens with zero attached hydrogens (tertiary/aromatic N) is 2. The van der Waals surface area contributed by atoms with E-state index in [0.29, 0.717) is 5.92 Å². The van der Waals surface area contributed by atoms with Crippen LogP contribution in [0.2, 0.25) is 0 Å². The standard InChI is InChI=1S/C27H31N3O2/c1-20-8-3-4-11-24(20)27(31)29-26(25-12-5-6-15-28-25)22-13-16-30(17-14-22)19-21-9-7-10-23(18-21)32-2/h3-12,15,18,22,26H,13-14,16-17,19H2,1-2H3,(H,29,31)/t26-/m1/s1. The molecule has 32 heavy (non-hydrogen) atoms. The highest BCUT2D eigenvalue weighted by atomic mass is 16.5. The topological polar surface area (TPSA) is 54.5 Å². The number of aromatic nitrogens is 1. The number of amides is 1. The Morgan fingerprint density at radius 2 is 1.88 bits per heavy atom. The summed E-state index contributed by atoms with van der Waals surface area (Å²) in [5.41, 5.74) is 3.90. The maximum absolute atomic E-state index is 13.1. The number of nitrogens with one attached hydrogen (secondary N) is 1. The van der Waals surface area contributed by atoms with E-state index >= 15 is 0 Å². The minimum absolute atomic E-state index is 0.0300. The second kappa shape index (κ2) is 10.4. The Kier molecular flexibility index (Phi) is 7.17. The number of methoxy groups -OCH3 is 1. The number of hydrogen-bond donors (Lipinski definition) is 1. The van der Waals surface area contributed by atoms with Gasteiger partial charge >= 0.3 is 0 Å². The van der Waals surface area contributed by atoms with Gasteiger partial charge in [-0.3, -0.25) is 14.7 Å². The molecule has 5 heteroatoms. The number of hydrogen-bond acceptors (Lipinski definition) is 4. The molecule has 166 valence electrons. The highest BCUT2D eigenvalue weighted by Crippen LogP contribution is 2.31. The predicted molar refractivity (Wildman–Crippen MR) is 127 cm³/mol. The van der Waals surface area contributed by atoms with Crippen molar-refractivity contribution in [1.82, 2.24) is 15.2 Å². The van der Waals surface area contributed by atoms with Crippen LogP contribution < -0.4 is 10.1 Å². The molecular weight excluding hydrogens is 398 g/mol. The Labute approximate surface area is 190 Å². The van der Waals surface area contributed by atoms with Crippen molar-refractivity contribution in [3.05, 3.63) is 95.3 Å². The van der Waals surface area contributed by atoms with E-state index in [1.165, 1.54) is 5.56 Å². The normalized spacial score (nSPS) is 15.8. The van der Waals surface area contributed by atoms with Gasteiger partial charge in [-0.25, -0.2) is 0 Å². The summed E-state index contributed by atoms with van der Waals surface area (Å²) in [5.74, 6) is 1.21. The number of rotatable bonds is 7. The number of ether oxygens (including phenoxy) is 1. The molecule has 0 saturated carbocycles. The molecule has 0 spiro atoms. The van der Waals surface area contributed by atoms with E-state index in [2.05, 4.69) is 27.3 Å². The van der Waals surface area contributed by atoms with Gasteiger partial charge in [0.2, 0.25) is 0 Å². The fraction of sp³-hybridized carbons (Fsp3) is 0.333. The van der Waals surface area contributed by atoms with Gasteiger partial charge in [-0.1, -0.05) is 36.4 Å². The lowest BCUT2D eigenvalue weighted by atomic mass is 9.86. The van der Waals surface area contributed by atoms with E-state index in [-0.39, 0.29) is 11.9 Å². The zero-order valence-corrected chi connectivity index (χ0v) is 18.8. The van der Waals surface area contributed by atoms with Crippen molar-refractivity contribution in [1.29, 1.82) is 0 Å². The van der Waals surface area contributed by atoms with Crippen LogP contribution in [0.3, 0.4) is 0 Å². The minimum Gasteiger partial charge on any atom is -0.497 e. The Morgan fingerprint density at radius 3 is 2.59 bits per heavy atom. The van der Waals surface area contributed by atoms with E-state index in [9.17, 15) is 4.79 Å². The highest BCUT2D eigenvalue weighted by molar-refractivity contribution is 5.95. The molecule has 1 atom stereocenters. The van der Waals surface area contributed by atoms with Gasteiger partial charge < -0.3 is 10.1 Å². The molecule has 1 saturated heterocycles. The average Bonchev–Trinajstić information content (AvgIpc) is 2.84. The van der Waals surface area contributed by atoms with Crippen LogP contribution in [0.5, 0.6) is 5.75 Å². The monoisotopic (exact) mass is 429 g/mol. The summed E-state index contributed by atoms with van der Waals surface area (Å²) >= 11 is 0. The zero-order chi connectivity index (χ0) is 22.3. The second-order valence-electron chi connectivity index (χ2n) is 8.49. The minimum atomic E-state index is -0.0951. The quantitative estimate of drug-likeness (QED) is 0.587. The fourth-order valence-corrected chi connectivity index (χ4v) is 4.51. The van der Waals surface area contributed by atoms with Crippen LogP contribution in [0.15, 0.2) is 72.9 Å². The van der Waals surface area contributed by atoms with E-state index in [1.54, 1.807) is 13.3 Å². The van der Waals surface area contributed by atoms with Crippen molar-refractivity contribution < 1.29 is 9.53 Å². The van der Waals surface area contributed by atoms with E-state index in [4.69, 9.17) is 4.74 Å².